The van der Waals surface area contributed by atoms with Gasteiger partial charge in [-0.25, -0.2) is 4.98 Å². The number of ether oxygens (including phenoxy) is 1. The Bertz CT molecular complexity index is 495. The van der Waals surface area contributed by atoms with E-state index in [0.717, 1.165) is 31.5 Å². The smallest absolute Gasteiger partial charge is 0.326 e. The van der Waals surface area contributed by atoms with E-state index in [9.17, 15) is 4.79 Å². The molecule has 1 heterocycles. The topological polar surface area (TPSA) is 56.1 Å². The largest absolute Gasteiger partial charge is 0.468 e. The number of aryl methyl sites for hydroxylation is 1. The summed E-state index contributed by atoms with van der Waals surface area (Å²) in [5.74, 6) is 0.911. The van der Waals surface area contributed by atoms with Crippen LogP contribution >= 0.6 is 0 Å². The first kappa shape index (κ1) is 13.6. The molecule has 0 spiro atoms. The number of nitrogens with one attached hydrogen (secondary N) is 1. The van der Waals surface area contributed by atoms with Crippen LogP contribution in [0.15, 0.2) is 12.4 Å². The highest BCUT2D eigenvalue weighted by Crippen LogP contribution is 2.39. The van der Waals surface area contributed by atoms with Crippen LogP contribution in [0.3, 0.4) is 0 Å². The van der Waals surface area contributed by atoms with Crippen molar-refractivity contribution in [3.8, 4) is 0 Å². The third-order valence-corrected chi connectivity index (χ3v) is 4.61. The monoisotopic (exact) mass is 277 g/mol. The summed E-state index contributed by atoms with van der Waals surface area (Å²) in [7, 11) is 1.49. The predicted octanol–water partition coefficient (Wildman–Crippen LogP) is 1.97. The van der Waals surface area contributed by atoms with Gasteiger partial charge in [-0.15, -0.1) is 0 Å². The molecule has 3 rings (SSSR count). The van der Waals surface area contributed by atoms with E-state index in [1.165, 1.54) is 20.0 Å². The normalized spacial score (nSPS) is 30.2. The molecule has 5 nitrogen and oxygen atoms in total. The van der Waals surface area contributed by atoms with E-state index < -0.39 is 5.54 Å². The Morgan fingerprint density at radius 2 is 2.30 bits per heavy atom. The Morgan fingerprint density at radius 1 is 1.50 bits per heavy atom. The second-order valence-electron chi connectivity index (χ2n) is 6.12. The van der Waals surface area contributed by atoms with Gasteiger partial charge in [0.05, 0.1) is 7.11 Å². The van der Waals surface area contributed by atoms with Gasteiger partial charge in [-0.3, -0.25) is 10.1 Å². The minimum atomic E-state index is -0.504. The van der Waals surface area contributed by atoms with Gasteiger partial charge in [0.15, 0.2) is 0 Å². The fourth-order valence-corrected chi connectivity index (χ4v) is 3.45. The SMILES string of the molecule is COC(=O)C1(NC2CC2)CCCC(n2ccnc2C)C1. The molecule has 2 fully saturated rings. The molecule has 0 radical (unpaired) electrons. The van der Waals surface area contributed by atoms with Gasteiger partial charge in [-0.05, 0) is 45.4 Å². The number of hydrogen-bond acceptors (Lipinski definition) is 4. The average molecular weight is 277 g/mol. The molecule has 2 atom stereocenters. The Labute approximate surface area is 119 Å². The second-order valence-corrected chi connectivity index (χ2v) is 6.12. The van der Waals surface area contributed by atoms with Crippen molar-refractivity contribution in [3.05, 3.63) is 18.2 Å². The molecule has 2 aliphatic carbocycles. The molecular weight excluding hydrogens is 254 g/mol. The van der Waals surface area contributed by atoms with Crippen molar-refractivity contribution in [2.45, 2.75) is 63.1 Å². The molecule has 0 saturated heterocycles. The van der Waals surface area contributed by atoms with E-state index in [1.54, 1.807) is 0 Å². The van der Waals surface area contributed by atoms with Gasteiger partial charge in [-0.2, -0.15) is 0 Å². The van der Waals surface area contributed by atoms with Gasteiger partial charge in [-0.1, -0.05) is 0 Å². The Hall–Kier alpha value is -1.36. The Balaban J connectivity index is 1.83. The maximum atomic E-state index is 12.3. The van der Waals surface area contributed by atoms with E-state index >= 15 is 0 Å². The van der Waals surface area contributed by atoms with E-state index in [-0.39, 0.29) is 5.97 Å². The fraction of sp³-hybridized carbons (Fsp3) is 0.733. The molecule has 5 heteroatoms. The standard InChI is InChI=1S/C15H23N3O2/c1-11-16-8-9-18(11)13-4-3-7-15(10-13,14(19)20-2)17-12-5-6-12/h8-9,12-13,17H,3-7,10H2,1-2H3. The van der Waals surface area contributed by atoms with E-state index in [0.29, 0.717) is 12.1 Å². The minimum absolute atomic E-state index is 0.105. The number of nitrogens with zero attached hydrogens (tertiary/aromatic N) is 2. The molecule has 0 bridgehead atoms. The lowest BCUT2D eigenvalue weighted by Gasteiger charge is -2.40. The van der Waals surface area contributed by atoms with E-state index in [2.05, 4.69) is 14.9 Å². The lowest BCUT2D eigenvalue weighted by molar-refractivity contribution is -0.151. The van der Waals surface area contributed by atoms with E-state index in [4.69, 9.17) is 4.74 Å². The molecule has 0 aliphatic heterocycles. The van der Waals surface area contributed by atoms with Crippen LogP contribution < -0.4 is 5.32 Å². The lowest BCUT2D eigenvalue weighted by Crippen LogP contribution is -2.56. The molecule has 2 saturated carbocycles. The number of esters is 1. The number of aromatic nitrogens is 2. The molecule has 1 aromatic heterocycles. The highest BCUT2D eigenvalue weighted by Gasteiger charge is 2.47. The summed E-state index contributed by atoms with van der Waals surface area (Å²) in [4.78, 5) is 16.6. The van der Waals surface area contributed by atoms with Crippen LogP contribution in [-0.4, -0.2) is 34.2 Å². The van der Waals surface area contributed by atoms with Gasteiger partial charge >= 0.3 is 5.97 Å². The summed E-state index contributed by atoms with van der Waals surface area (Å²) in [5, 5.41) is 3.56. The second kappa shape index (κ2) is 5.20. The summed E-state index contributed by atoms with van der Waals surface area (Å²) in [6.45, 7) is 2.02. The maximum Gasteiger partial charge on any atom is 0.326 e. The first-order valence-electron chi connectivity index (χ1n) is 7.50. The summed E-state index contributed by atoms with van der Waals surface area (Å²) < 4.78 is 7.29. The quantitative estimate of drug-likeness (QED) is 0.855. The molecule has 2 aliphatic rings. The van der Waals surface area contributed by atoms with Crippen molar-refractivity contribution in [3.63, 3.8) is 0 Å². The zero-order valence-corrected chi connectivity index (χ0v) is 12.3. The zero-order valence-electron chi connectivity index (χ0n) is 12.3. The third-order valence-electron chi connectivity index (χ3n) is 4.61. The number of carbonyl (C=O) groups is 1. The van der Waals surface area contributed by atoms with Crippen LogP contribution in [-0.2, 0) is 9.53 Å². The van der Waals surface area contributed by atoms with E-state index in [1.807, 2.05) is 19.3 Å². The number of hydrogen-bond donors (Lipinski definition) is 1. The fourth-order valence-electron chi connectivity index (χ4n) is 3.45. The minimum Gasteiger partial charge on any atom is -0.468 e. The average Bonchev–Trinajstić information content (AvgIpc) is 3.16. The van der Waals surface area contributed by atoms with Crippen molar-refractivity contribution < 1.29 is 9.53 Å². The van der Waals surface area contributed by atoms with Gasteiger partial charge in [0.2, 0.25) is 0 Å². The molecule has 110 valence electrons. The van der Waals surface area contributed by atoms with Crippen LogP contribution in [0.5, 0.6) is 0 Å². The number of methoxy groups -OCH3 is 1. The van der Waals surface area contributed by atoms with Gasteiger partial charge in [0.25, 0.3) is 0 Å². The van der Waals surface area contributed by atoms with Gasteiger partial charge < -0.3 is 9.30 Å². The van der Waals surface area contributed by atoms with Crippen LogP contribution in [0, 0.1) is 6.92 Å². The zero-order chi connectivity index (χ0) is 14.2. The molecular formula is C15H23N3O2. The third kappa shape index (κ3) is 2.46. The summed E-state index contributed by atoms with van der Waals surface area (Å²) in [5.41, 5.74) is -0.504. The van der Waals surface area contributed by atoms with Crippen molar-refractivity contribution in [2.24, 2.45) is 0 Å². The Kier molecular flexibility index (Phi) is 3.54. The van der Waals surface area contributed by atoms with Crippen LogP contribution in [0.1, 0.15) is 50.4 Å². The molecule has 20 heavy (non-hydrogen) atoms. The van der Waals surface area contributed by atoms with Crippen molar-refractivity contribution in [2.75, 3.05) is 7.11 Å². The van der Waals surface area contributed by atoms with Crippen LogP contribution in [0.25, 0.3) is 0 Å². The first-order valence-corrected chi connectivity index (χ1v) is 7.50. The molecule has 0 aromatic carbocycles. The summed E-state index contributed by atoms with van der Waals surface area (Å²) in [6.07, 6.45) is 10.0. The first-order chi connectivity index (χ1) is 9.64. The van der Waals surface area contributed by atoms with Crippen molar-refractivity contribution in [1.82, 2.24) is 14.9 Å². The lowest BCUT2D eigenvalue weighted by atomic mass is 9.78. The Morgan fingerprint density at radius 3 is 2.90 bits per heavy atom. The molecule has 0 amide bonds. The van der Waals surface area contributed by atoms with Crippen molar-refractivity contribution >= 4 is 5.97 Å². The molecule has 1 aromatic rings. The number of rotatable bonds is 4. The van der Waals surface area contributed by atoms with Gasteiger partial charge in [0, 0.05) is 24.5 Å². The molecule has 1 N–H and O–H groups in total. The number of carbonyl (C=O) groups excluding carboxylic acids is 1. The predicted molar refractivity (Wildman–Crippen MR) is 75.4 cm³/mol. The maximum absolute atomic E-state index is 12.3. The summed E-state index contributed by atoms with van der Waals surface area (Å²) in [6, 6.07) is 0.827. The highest BCUT2D eigenvalue weighted by molar-refractivity contribution is 5.81. The van der Waals surface area contributed by atoms with Crippen molar-refractivity contribution in [1.29, 1.82) is 0 Å². The summed E-state index contributed by atoms with van der Waals surface area (Å²) >= 11 is 0. The van der Waals surface area contributed by atoms with Crippen LogP contribution in [0.4, 0.5) is 0 Å². The number of imidazole rings is 1. The van der Waals surface area contributed by atoms with Gasteiger partial charge in [0.1, 0.15) is 11.4 Å². The molecule has 2 unspecified atom stereocenters. The highest BCUT2D eigenvalue weighted by atomic mass is 16.5. The van der Waals surface area contributed by atoms with Crippen LogP contribution in [0.2, 0.25) is 0 Å².